The summed E-state index contributed by atoms with van der Waals surface area (Å²) >= 11 is 3.35. The number of carbonyl (C=O) groups is 1. The first kappa shape index (κ1) is 14.5. The number of aliphatic carboxylic acids is 1. The summed E-state index contributed by atoms with van der Waals surface area (Å²) < 4.78 is 14.7. The molecule has 1 atom stereocenters. The van der Waals surface area contributed by atoms with E-state index in [0.717, 1.165) is 4.47 Å². The first-order chi connectivity index (χ1) is 8.99. The van der Waals surface area contributed by atoms with Crippen LogP contribution < -0.4 is 0 Å². The van der Waals surface area contributed by atoms with Crippen LogP contribution in [0.15, 0.2) is 22.7 Å². The van der Waals surface area contributed by atoms with Crippen molar-refractivity contribution >= 4 is 21.9 Å². The van der Waals surface area contributed by atoms with Gasteiger partial charge in [0.2, 0.25) is 0 Å². The zero-order valence-corrected chi connectivity index (χ0v) is 12.4. The van der Waals surface area contributed by atoms with E-state index in [1.165, 1.54) is 6.07 Å². The lowest BCUT2D eigenvalue weighted by atomic mass is 9.95. The standard InChI is InChI=1S/C14H17BrFNO2/c1-9(12-8-11(15)2-3-13(12)16)17-6-4-10(5-7-17)14(18)19/h2-3,8-10H,4-7H2,1H3,(H,18,19). The average molecular weight is 330 g/mol. The highest BCUT2D eigenvalue weighted by atomic mass is 79.9. The quantitative estimate of drug-likeness (QED) is 0.923. The molecule has 1 saturated heterocycles. The van der Waals surface area contributed by atoms with Crippen LogP contribution in [0.5, 0.6) is 0 Å². The first-order valence-corrected chi connectivity index (χ1v) is 7.20. The highest BCUT2D eigenvalue weighted by Gasteiger charge is 2.28. The van der Waals surface area contributed by atoms with Gasteiger partial charge in [0, 0.05) is 16.1 Å². The molecule has 1 heterocycles. The maximum Gasteiger partial charge on any atom is 0.306 e. The van der Waals surface area contributed by atoms with E-state index in [0.29, 0.717) is 31.5 Å². The van der Waals surface area contributed by atoms with Crippen LogP contribution in [0.25, 0.3) is 0 Å². The van der Waals surface area contributed by atoms with Crippen molar-refractivity contribution in [3.63, 3.8) is 0 Å². The molecule has 19 heavy (non-hydrogen) atoms. The van der Waals surface area contributed by atoms with Gasteiger partial charge in [0.25, 0.3) is 0 Å². The Balaban J connectivity index is 2.07. The van der Waals surface area contributed by atoms with Crippen LogP contribution in [0.2, 0.25) is 0 Å². The van der Waals surface area contributed by atoms with Crippen molar-refractivity contribution in [1.29, 1.82) is 0 Å². The molecular formula is C14H17BrFNO2. The Labute approximate surface area is 120 Å². The van der Waals surface area contributed by atoms with Gasteiger partial charge in [-0.15, -0.1) is 0 Å². The van der Waals surface area contributed by atoms with E-state index in [1.807, 2.05) is 6.92 Å². The molecule has 0 bridgehead atoms. The van der Waals surface area contributed by atoms with E-state index in [2.05, 4.69) is 20.8 Å². The van der Waals surface area contributed by atoms with Crippen LogP contribution in [0, 0.1) is 11.7 Å². The second-order valence-corrected chi connectivity index (χ2v) is 5.91. The van der Waals surface area contributed by atoms with Crippen LogP contribution in [-0.2, 0) is 4.79 Å². The minimum atomic E-state index is -0.721. The molecule has 1 fully saturated rings. The molecule has 104 valence electrons. The maximum atomic E-state index is 13.8. The molecule has 0 spiro atoms. The maximum absolute atomic E-state index is 13.8. The third-order valence-electron chi connectivity index (χ3n) is 3.83. The van der Waals surface area contributed by atoms with Crippen LogP contribution >= 0.6 is 15.9 Å². The van der Waals surface area contributed by atoms with E-state index in [4.69, 9.17) is 5.11 Å². The molecule has 0 aromatic heterocycles. The van der Waals surface area contributed by atoms with E-state index in [-0.39, 0.29) is 17.8 Å². The van der Waals surface area contributed by atoms with Gasteiger partial charge in [0.15, 0.2) is 0 Å². The Morgan fingerprint density at radius 2 is 2.11 bits per heavy atom. The molecule has 0 aliphatic carbocycles. The summed E-state index contributed by atoms with van der Waals surface area (Å²) in [5.74, 6) is -1.19. The van der Waals surface area contributed by atoms with Crippen molar-refractivity contribution in [3.8, 4) is 0 Å². The molecule has 2 rings (SSSR count). The van der Waals surface area contributed by atoms with Crippen LogP contribution in [0.1, 0.15) is 31.4 Å². The summed E-state index contributed by atoms with van der Waals surface area (Å²) in [7, 11) is 0. The molecule has 0 radical (unpaired) electrons. The fourth-order valence-electron chi connectivity index (χ4n) is 2.57. The van der Waals surface area contributed by atoms with Gasteiger partial charge in [-0.3, -0.25) is 9.69 Å². The number of nitrogens with zero attached hydrogens (tertiary/aromatic N) is 1. The molecule has 1 aromatic rings. The van der Waals surface area contributed by atoms with E-state index >= 15 is 0 Å². The zero-order valence-electron chi connectivity index (χ0n) is 10.8. The molecule has 0 saturated carbocycles. The van der Waals surface area contributed by atoms with Gasteiger partial charge in [0.05, 0.1) is 5.92 Å². The second-order valence-electron chi connectivity index (χ2n) is 4.99. The predicted octanol–water partition coefficient (Wildman–Crippen LogP) is 3.45. The molecular weight excluding hydrogens is 313 g/mol. The minimum Gasteiger partial charge on any atom is -0.481 e. The number of hydrogen-bond acceptors (Lipinski definition) is 2. The Hall–Kier alpha value is -0.940. The Morgan fingerprint density at radius 1 is 1.47 bits per heavy atom. The highest BCUT2D eigenvalue weighted by molar-refractivity contribution is 9.10. The zero-order chi connectivity index (χ0) is 14.0. The fraction of sp³-hybridized carbons (Fsp3) is 0.500. The summed E-state index contributed by atoms with van der Waals surface area (Å²) in [6.45, 7) is 3.36. The lowest BCUT2D eigenvalue weighted by Crippen LogP contribution is -2.38. The van der Waals surface area contributed by atoms with Crippen LogP contribution in [-0.4, -0.2) is 29.1 Å². The molecule has 1 unspecified atom stereocenters. The number of likely N-dealkylation sites (tertiary alicyclic amines) is 1. The van der Waals surface area contributed by atoms with Crippen LogP contribution in [0.4, 0.5) is 4.39 Å². The predicted molar refractivity (Wildman–Crippen MR) is 74.4 cm³/mol. The third-order valence-corrected chi connectivity index (χ3v) is 4.33. The van der Waals surface area contributed by atoms with Crippen molar-refractivity contribution in [2.24, 2.45) is 5.92 Å². The highest BCUT2D eigenvalue weighted by Crippen LogP contribution is 2.29. The molecule has 5 heteroatoms. The topological polar surface area (TPSA) is 40.5 Å². The third kappa shape index (κ3) is 3.34. The summed E-state index contributed by atoms with van der Waals surface area (Å²) in [4.78, 5) is 13.1. The van der Waals surface area contributed by atoms with Crippen molar-refractivity contribution in [2.75, 3.05) is 13.1 Å². The Morgan fingerprint density at radius 3 is 2.68 bits per heavy atom. The number of carboxylic acids is 1. The summed E-state index contributed by atoms with van der Waals surface area (Å²) in [6.07, 6.45) is 1.27. The number of piperidine rings is 1. The van der Waals surface area contributed by atoms with Gasteiger partial charge in [-0.25, -0.2) is 4.39 Å². The lowest BCUT2D eigenvalue weighted by Gasteiger charge is -2.35. The smallest absolute Gasteiger partial charge is 0.306 e. The Bertz CT molecular complexity index is 473. The van der Waals surface area contributed by atoms with Gasteiger partial charge in [-0.1, -0.05) is 15.9 Å². The fourth-order valence-corrected chi connectivity index (χ4v) is 2.94. The van der Waals surface area contributed by atoms with Crippen molar-refractivity contribution < 1.29 is 14.3 Å². The number of halogens is 2. The SMILES string of the molecule is CC(c1cc(Br)ccc1F)N1CCC(C(=O)O)CC1. The van der Waals surface area contributed by atoms with Gasteiger partial charge < -0.3 is 5.11 Å². The van der Waals surface area contributed by atoms with Crippen molar-refractivity contribution in [1.82, 2.24) is 4.90 Å². The first-order valence-electron chi connectivity index (χ1n) is 6.41. The summed E-state index contributed by atoms with van der Waals surface area (Å²) in [6, 6.07) is 4.90. The number of rotatable bonds is 3. The molecule has 3 nitrogen and oxygen atoms in total. The van der Waals surface area contributed by atoms with Crippen molar-refractivity contribution in [3.05, 3.63) is 34.1 Å². The van der Waals surface area contributed by atoms with Crippen LogP contribution in [0.3, 0.4) is 0 Å². The average Bonchev–Trinajstić information content (AvgIpc) is 2.41. The monoisotopic (exact) mass is 329 g/mol. The largest absolute Gasteiger partial charge is 0.481 e. The van der Waals surface area contributed by atoms with E-state index < -0.39 is 5.97 Å². The van der Waals surface area contributed by atoms with Gasteiger partial charge in [-0.2, -0.15) is 0 Å². The normalized spacial score (nSPS) is 19.3. The molecule has 1 aromatic carbocycles. The van der Waals surface area contributed by atoms with Crippen molar-refractivity contribution in [2.45, 2.75) is 25.8 Å². The van der Waals surface area contributed by atoms with Gasteiger partial charge in [-0.05, 0) is 51.1 Å². The molecule has 1 aliphatic rings. The minimum absolute atomic E-state index is 0.0350. The lowest BCUT2D eigenvalue weighted by molar-refractivity contribution is -0.143. The van der Waals surface area contributed by atoms with Gasteiger partial charge in [0.1, 0.15) is 5.82 Å². The second kappa shape index (κ2) is 6.01. The molecule has 1 aliphatic heterocycles. The van der Waals surface area contributed by atoms with E-state index in [9.17, 15) is 9.18 Å². The van der Waals surface area contributed by atoms with Gasteiger partial charge >= 0.3 is 5.97 Å². The number of hydrogen-bond donors (Lipinski definition) is 1. The molecule has 0 amide bonds. The molecule has 1 N–H and O–H groups in total. The summed E-state index contributed by atoms with van der Waals surface area (Å²) in [5.41, 5.74) is 0.656. The number of carboxylic acid groups (broad SMARTS) is 1. The number of benzene rings is 1. The van der Waals surface area contributed by atoms with E-state index in [1.54, 1.807) is 12.1 Å². The Kier molecular flexibility index (Phi) is 4.58. The summed E-state index contributed by atoms with van der Waals surface area (Å²) in [5, 5.41) is 8.98.